The zero-order valence-corrected chi connectivity index (χ0v) is 14.1. The van der Waals surface area contributed by atoms with Crippen LogP contribution >= 0.6 is 0 Å². The van der Waals surface area contributed by atoms with E-state index < -0.39 is 4.92 Å². The summed E-state index contributed by atoms with van der Waals surface area (Å²) in [4.78, 5) is 30.7. The van der Waals surface area contributed by atoms with E-state index in [0.717, 1.165) is 0 Å². The zero-order valence-electron chi connectivity index (χ0n) is 14.1. The van der Waals surface area contributed by atoms with Crippen molar-refractivity contribution in [2.24, 2.45) is 0 Å². The van der Waals surface area contributed by atoms with Crippen LogP contribution < -0.4 is 4.90 Å². The smallest absolute Gasteiger partial charge is 0.324 e. The van der Waals surface area contributed by atoms with E-state index in [1.165, 1.54) is 24.3 Å². The number of piperazine rings is 1. The van der Waals surface area contributed by atoms with Crippen LogP contribution in [0.25, 0.3) is 0 Å². The summed E-state index contributed by atoms with van der Waals surface area (Å²) in [5, 5.41) is 14.6. The summed E-state index contributed by atoms with van der Waals surface area (Å²) in [7, 11) is 0. The van der Waals surface area contributed by atoms with Gasteiger partial charge in [0.05, 0.1) is 4.92 Å². The van der Waals surface area contributed by atoms with Gasteiger partial charge in [0.25, 0.3) is 11.6 Å². The molecule has 1 amide bonds. The van der Waals surface area contributed by atoms with E-state index in [2.05, 4.69) is 10.1 Å². The summed E-state index contributed by atoms with van der Waals surface area (Å²) in [6, 6.07) is 6.13. The highest BCUT2D eigenvalue weighted by molar-refractivity contribution is 5.94. The molecule has 0 unspecified atom stereocenters. The van der Waals surface area contributed by atoms with Gasteiger partial charge in [-0.25, -0.2) is 0 Å². The molecule has 2 heterocycles. The maximum Gasteiger partial charge on any atom is 0.324 e. The molecule has 3 rings (SSSR count). The minimum absolute atomic E-state index is 0.0290. The second kappa shape index (κ2) is 6.88. The number of anilines is 1. The first-order valence-corrected chi connectivity index (χ1v) is 8.08. The lowest BCUT2D eigenvalue weighted by atomic mass is 10.1. The van der Waals surface area contributed by atoms with Crippen molar-refractivity contribution in [3.05, 3.63) is 45.8 Å². The van der Waals surface area contributed by atoms with Gasteiger partial charge >= 0.3 is 6.01 Å². The van der Waals surface area contributed by atoms with Crippen LogP contribution in [0, 0.1) is 10.1 Å². The van der Waals surface area contributed by atoms with Crippen molar-refractivity contribution >= 4 is 17.6 Å². The number of nitro benzene ring substituents is 1. The van der Waals surface area contributed by atoms with Crippen LogP contribution in [-0.2, 0) is 0 Å². The molecule has 1 saturated heterocycles. The van der Waals surface area contributed by atoms with E-state index in [1.54, 1.807) is 4.90 Å². The second-order valence-electron chi connectivity index (χ2n) is 6.17. The Bertz CT molecular complexity index is 763. The Morgan fingerprint density at radius 2 is 1.84 bits per heavy atom. The monoisotopic (exact) mass is 345 g/mol. The Balaban J connectivity index is 1.61. The molecule has 0 saturated carbocycles. The van der Waals surface area contributed by atoms with Crippen molar-refractivity contribution < 1.29 is 14.2 Å². The lowest BCUT2D eigenvalue weighted by molar-refractivity contribution is -0.384. The molecule has 0 spiro atoms. The highest BCUT2D eigenvalue weighted by Crippen LogP contribution is 2.19. The number of amides is 1. The number of nitrogens with zero attached hydrogens (tertiary/aromatic N) is 5. The number of carbonyl (C=O) groups excluding carboxylic acids is 1. The number of rotatable bonds is 4. The lowest BCUT2D eigenvalue weighted by Crippen LogP contribution is -2.48. The predicted molar refractivity (Wildman–Crippen MR) is 89.6 cm³/mol. The van der Waals surface area contributed by atoms with E-state index in [4.69, 9.17) is 4.52 Å². The molecule has 2 aromatic rings. The fourth-order valence-electron chi connectivity index (χ4n) is 2.60. The topological polar surface area (TPSA) is 106 Å². The molecule has 1 aromatic carbocycles. The minimum atomic E-state index is -0.483. The minimum Gasteiger partial charge on any atom is -0.335 e. The normalized spacial score (nSPS) is 14.8. The second-order valence-corrected chi connectivity index (χ2v) is 6.17. The van der Waals surface area contributed by atoms with E-state index >= 15 is 0 Å². The molecule has 0 radical (unpaired) electrons. The summed E-state index contributed by atoms with van der Waals surface area (Å²) in [6.45, 7) is 6.23. The molecule has 1 fully saturated rings. The maximum absolute atomic E-state index is 12.5. The van der Waals surface area contributed by atoms with Crippen molar-refractivity contribution in [3.63, 3.8) is 0 Å². The van der Waals surface area contributed by atoms with Gasteiger partial charge in [-0.2, -0.15) is 4.98 Å². The van der Waals surface area contributed by atoms with Gasteiger partial charge in [-0.15, -0.1) is 0 Å². The van der Waals surface area contributed by atoms with Gasteiger partial charge in [-0.1, -0.05) is 19.0 Å². The van der Waals surface area contributed by atoms with Crippen molar-refractivity contribution in [3.8, 4) is 0 Å². The molecule has 0 atom stereocenters. The van der Waals surface area contributed by atoms with Crippen molar-refractivity contribution in [2.75, 3.05) is 31.1 Å². The number of nitro groups is 1. The van der Waals surface area contributed by atoms with Crippen molar-refractivity contribution in [1.82, 2.24) is 15.0 Å². The molecule has 25 heavy (non-hydrogen) atoms. The van der Waals surface area contributed by atoms with Crippen LogP contribution in [0.3, 0.4) is 0 Å². The predicted octanol–water partition coefficient (Wildman–Crippen LogP) is 2.06. The van der Waals surface area contributed by atoms with Crippen LogP contribution in [0.1, 0.15) is 35.9 Å². The fraction of sp³-hybridized carbons (Fsp3) is 0.438. The molecule has 0 bridgehead atoms. The van der Waals surface area contributed by atoms with Gasteiger partial charge in [0.1, 0.15) is 0 Å². The van der Waals surface area contributed by atoms with Crippen molar-refractivity contribution in [1.29, 1.82) is 0 Å². The lowest BCUT2D eigenvalue weighted by Gasteiger charge is -2.33. The van der Waals surface area contributed by atoms with E-state index in [0.29, 0.717) is 43.6 Å². The molecule has 0 N–H and O–H groups in total. The quantitative estimate of drug-likeness (QED) is 0.617. The van der Waals surface area contributed by atoms with Gasteiger partial charge < -0.3 is 14.3 Å². The molecule has 1 aliphatic rings. The largest absolute Gasteiger partial charge is 0.335 e. The summed E-state index contributed by atoms with van der Waals surface area (Å²) in [5.41, 5.74) is 0.414. The van der Waals surface area contributed by atoms with Crippen LogP contribution in [0.4, 0.5) is 11.7 Å². The zero-order chi connectivity index (χ0) is 18.0. The highest BCUT2D eigenvalue weighted by atomic mass is 16.6. The summed E-state index contributed by atoms with van der Waals surface area (Å²) >= 11 is 0. The summed E-state index contributed by atoms with van der Waals surface area (Å²) in [5.74, 6) is 0.727. The first kappa shape index (κ1) is 16.9. The maximum atomic E-state index is 12.5. The number of carbonyl (C=O) groups is 1. The van der Waals surface area contributed by atoms with Crippen LogP contribution in [0.2, 0.25) is 0 Å². The third kappa shape index (κ3) is 3.59. The average molecular weight is 345 g/mol. The number of non-ortho nitro benzene ring substituents is 1. The Morgan fingerprint density at radius 1 is 1.20 bits per heavy atom. The molecular formula is C16H19N5O4. The number of hydrogen-bond acceptors (Lipinski definition) is 7. The molecule has 0 aliphatic carbocycles. The number of aromatic nitrogens is 2. The first-order valence-electron chi connectivity index (χ1n) is 8.08. The SMILES string of the molecule is CC(C)c1noc(N2CCN(C(=O)c3ccc([N+](=O)[O-])cc3)CC2)n1. The third-order valence-corrected chi connectivity index (χ3v) is 4.11. The van der Waals surface area contributed by atoms with Gasteiger partial charge in [0.2, 0.25) is 0 Å². The standard InChI is InChI=1S/C16H19N5O4/c1-11(2)14-17-16(25-18-14)20-9-7-19(8-10-20)15(22)12-3-5-13(6-4-12)21(23)24/h3-6,11H,7-10H2,1-2H3. The molecule has 1 aliphatic heterocycles. The van der Waals surface area contributed by atoms with Gasteiger partial charge in [-0.05, 0) is 12.1 Å². The highest BCUT2D eigenvalue weighted by Gasteiger charge is 2.25. The Morgan fingerprint density at radius 3 is 2.36 bits per heavy atom. The van der Waals surface area contributed by atoms with Crippen molar-refractivity contribution in [2.45, 2.75) is 19.8 Å². The van der Waals surface area contributed by atoms with E-state index in [-0.39, 0.29) is 17.5 Å². The fourth-order valence-corrected chi connectivity index (χ4v) is 2.60. The molecular weight excluding hydrogens is 326 g/mol. The summed E-state index contributed by atoms with van der Waals surface area (Å²) < 4.78 is 5.28. The Kier molecular flexibility index (Phi) is 4.64. The Hall–Kier alpha value is -2.97. The number of hydrogen-bond donors (Lipinski definition) is 0. The summed E-state index contributed by atoms with van der Waals surface area (Å²) in [6.07, 6.45) is 0. The van der Waals surface area contributed by atoms with E-state index in [9.17, 15) is 14.9 Å². The van der Waals surface area contributed by atoms with Gasteiger partial charge in [-0.3, -0.25) is 14.9 Å². The molecule has 1 aromatic heterocycles. The average Bonchev–Trinajstić information content (AvgIpc) is 3.12. The Labute approximate surface area is 144 Å². The van der Waals surface area contributed by atoms with Crippen LogP contribution in [-0.4, -0.2) is 52.1 Å². The van der Waals surface area contributed by atoms with E-state index in [1.807, 2.05) is 18.7 Å². The number of benzene rings is 1. The van der Waals surface area contributed by atoms with Gasteiger partial charge in [0, 0.05) is 49.8 Å². The third-order valence-electron chi connectivity index (χ3n) is 4.11. The molecule has 9 heteroatoms. The van der Waals surface area contributed by atoms with Gasteiger partial charge in [0.15, 0.2) is 5.82 Å². The van der Waals surface area contributed by atoms with Crippen LogP contribution in [0.5, 0.6) is 0 Å². The molecule has 9 nitrogen and oxygen atoms in total. The van der Waals surface area contributed by atoms with Crippen LogP contribution in [0.15, 0.2) is 28.8 Å². The first-order chi connectivity index (χ1) is 12.0. The molecule has 132 valence electrons.